The average molecular weight is 201 g/mol. The number of hydrogen-bond acceptors (Lipinski definition) is 3. The van der Waals surface area contributed by atoms with Crippen LogP contribution in [-0.4, -0.2) is 0 Å². The van der Waals surface area contributed by atoms with Gasteiger partial charge in [0.15, 0.2) is 0 Å². The molecule has 2 nitrogen and oxygen atoms in total. The number of halogens is 1. The van der Waals surface area contributed by atoms with Gasteiger partial charge in [-0.15, -0.1) is 23.7 Å². The predicted molar refractivity (Wildman–Crippen MR) is 57.9 cm³/mol. The van der Waals surface area contributed by atoms with Gasteiger partial charge in [0, 0.05) is 10.1 Å². The maximum atomic E-state index is 5.72. The molecular formula is C8H9ClN2S. The lowest BCUT2D eigenvalue weighted by molar-refractivity contribution is 1.83. The van der Waals surface area contributed by atoms with Crippen LogP contribution < -0.4 is 11.5 Å². The quantitative estimate of drug-likeness (QED) is 0.687. The van der Waals surface area contributed by atoms with Gasteiger partial charge in [-0.05, 0) is 6.07 Å². The smallest absolute Gasteiger partial charge is 0.110 e. The van der Waals surface area contributed by atoms with E-state index in [2.05, 4.69) is 0 Å². The molecule has 2 aromatic rings. The number of rotatable bonds is 0. The first-order valence-electron chi connectivity index (χ1n) is 3.31. The van der Waals surface area contributed by atoms with Crippen LogP contribution in [0, 0.1) is 0 Å². The molecular weight excluding hydrogens is 192 g/mol. The molecule has 0 radical (unpaired) electrons. The summed E-state index contributed by atoms with van der Waals surface area (Å²) in [5.74, 6) is 0. The molecule has 0 unspecified atom stereocenters. The fourth-order valence-electron chi connectivity index (χ4n) is 1.08. The van der Waals surface area contributed by atoms with E-state index in [0.29, 0.717) is 10.7 Å². The number of hydrogen-bond donors (Lipinski definition) is 2. The van der Waals surface area contributed by atoms with Crippen molar-refractivity contribution < 1.29 is 0 Å². The standard InChI is InChI=1S/C8H8N2S.ClH/c9-7-5-3-1-2-4-6(5)11-8(7)10;/h1-4H,9-10H2;1H. The number of thiophene rings is 1. The van der Waals surface area contributed by atoms with Crippen LogP contribution in [0.25, 0.3) is 10.1 Å². The molecule has 64 valence electrons. The molecule has 1 aromatic carbocycles. The van der Waals surface area contributed by atoms with Crippen molar-refractivity contribution in [2.45, 2.75) is 0 Å². The van der Waals surface area contributed by atoms with Crippen molar-refractivity contribution in [3.8, 4) is 0 Å². The summed E-state index contributed by atoms with van der Waals surface area (Å²) in [6.07, 6.45) is 0. The van der Waals surface area contributed by atoms with E-state index in [4.69, 9.17) is 11.5 Å². The van der Waals surface area contributed by atoms with Gasteiger partial charge in [-0.1, -0.05) is 18.2 Å². The van der Waals surface area contributed by atoms with Crippen LogP contribution in [-0.2, 0) is 0 Å². The van der Waals surface area contributed by atoms with E-state index < -0.39 is 0 Å². The van der Waals surface area contributed by atoms with Gasteiger partial charge in [-0.3, -0.25) is 0 Å². The van der Waals surface area contributed by atoms with Crippen LogP contribution in [0.3, 0.4) is 0 Å². The van der Waals surface area contributed by atoms with E-state index in [0.717, 1.165) is 10.1 Å². The molecule has 0 atom stereocenters. The second kappa shape index (κ2) is 3.21. The van der Waals surface area contributed by atoms with Crippen molar-refractivity contribution in [2.75, 3.05) is 11.5 Å². The summed E-state index contributed by atoms with van der Waals surface area (Å²) in [6.45, 7) is 0. The Bertz CT molecular complexity index is 397. The van der Waals surface area contributed by atoms with E-state index in [1.54, 1.807) is 0 Å². The van der Waals surface area contributed by atoms with Crippen LogP contribution in [0.2, 0.25) is 0 Å². The van der Waals surface area contributed by atoms with E-state index in [1.807, 2.05) is 24.3 Å². The number of benzene rings is 1. The van der Waals surface area contributed by atoms with Gasteiger partial charge in [0.05, 0.1) is 5.69 Å². The van der Waals surface area contributed by atoms with Crippen LogP contribution in [0.5, 0.6) is 0 Å². The third-order valence-corrected chi connectivity index (χ3v) is 2.68. The number of nitrogens with two attached hydrogens (primary N) is 2. The summed E-state index contributed by atoms with van der Waals surface area (Å²) in [5.41, 5.74) is 12.1. The second-order valence-corrected chi connectivity index (χ2v) is 3.46. The summed E-state index contributed by atoms with van der Waals surface area (Å²) in [4.78, 5) is 0. The van der Waals surface area contributed by atoms with Gasteiger partial charge in [-0.2, -0.15) is 0 Å². The van der Waals surface area contributed by atoms with Crippen molar-refractivity contribution >= 4 is 44.5 Å². The lowest BCUT2D eigenvalue weighted by Crippen LogP contribution is -1.87. The lowest BCUT2D eigenvalue weighted by atomic mass is 10.2. The Labute approximate surface area is 80.6 Å². The minimum absolute atomic E-state index is 0. The third kappa shape index (κ3) is 1.21. The third-order valence-electron chi connectivity index (χ3n) is 1.66. The minimum Gasteiger partial charge on any atom is -0.396 e. The Balaban J connectivity index is 0.000000720. The molecule has 0 saturated carbocycles. The lowest BCUT2D eigenvalue weighted by Gasteiger charge is -1.88. The van der Waals surface area contributed by atoms with Gasteiger partial charge in [0.25, 0.3) is 0 Å². The van der Waals surface area contributed by atoms with Gasteiger partial charge in [0.1, 0.15) is 5.00 Å². The molecule has 0 fully saturated rings. The predicted octanol–water partition coefficient (Wildman–Crippen LogP) is 2.49. The zero-order valence-electron chi connectivity index (χ0n) is 6.28. The highest BCUT2D eigenvalue weighted by molar-refractivity contribution is 7.23. The molecule has 0 spiro atoms. The van der Waals surface area contributed by atoms with Crippen LogP contribution >= 0.6 is 23.7 Å². The van der Waals surface area contributed by atoms with E-state index >= 15 is 0 Å². The first-order chi connectivity index (χ1) is 5.29. The summed E-state index contributed by atoms with van der Waals surface area (Å²) >= 11 is 1.53. The molecule has 4 N–H and O–H groups in total. The van der Waals surface area contributed by atoms with Crippen molar-refractivity contribution in [1.29, 1.82) is 0 Å². The normalized spacial score (nSPS) is 9.67. The fraction of sp³-hybridized carbons (Fsp3) is 0. The Hall–Kier alpha value is -0.930. The monoisotopic (exact) mass is 200 g/mol. The van der Waals surface area contributed by atoms with Crippen molar-refractivity contribution in [1.82, 2.24) is 0 Å². The average Bonchev–Trinajstić information content (AvgIpc) is 2.30. The Morgan fingerprint density at radius 1 is 1.08 bits per heavy atom. The van der Waals surface area contributed by atoms with Crippen molar-refractivity contribution in [3.05, 3.63) is 24.3 Å². The topological polar surface area (TPSA) is 52.0 Å². The molecule has 0 aliphatic carbocycles. The Morgan fingerprint density at radius 3 is 2.42 bits per heavy atom. The zero-order valence-corrected chi connectivity index (χ0v) is 7.91. The minimum atomic E-state index is 0. The van der Waals surface area contributed by atoms with Crippen molar-refractivity contribution in [2.24, 2.45) is 0 Å². The Kier molecular flexibility index (Phi) is 2.45. The highest BCUT2D eigenvalue weighted by atomic mass is 35.5. The van der Waals surface area contributed by atoms with E-state index in [1.165, 1.54) is 11.3 Å². The van der Waals surface area contributed by atoms with Gasteiger partial charge in [-0.25, -0.2) is 0 Å². The maximum Gasteiger partial charge on any atom is 0.110 e. The molecule has 2 rings (SSSR count). The van der Waals surface area contributed by atoms with Gasteiger partial charge < -0.3 is 11.5 Å². The van der Waals surface area contributed by atoms with Gasteiger partial charge >= 0.3 is 0 Å². The summed E-state index contributed by atoms with van der Waals surface area (Å²) < 4.78 is 1.16. The van der Waals surface area contributed by atoms with Crippen LogP contribution in [0.15, 0.2) is 24.3 Å². The van der Waals surface area contributed by atoms with Crippen LogP contribution in [0.4, 0.5) is 10.7 Å². The van der Waals surface area contributed by atoms with E-state index in [-0.39, 0.29) is 12.4 Å². The number of nitrogen functional groups attached to an aromatic ring is 2. The molecule has 0 saturated heterocycles. The first kappa shape index (κ1) is 9.16. The fourth-order valence-corrected chi connectivity index (χ4v) is 1.98. The molecule has 0 aliphatic heterocycles. The summed E-state index contributed by atoms with van der Waals surface area (Å²) in [6, 6.07) is 7.95. The molecule has 1 aromatic heterocycles. The number of fused-ring (bicyclic) bond motifs is 1. The first-order valence-corrected chi connectivity index (χ1v) is 4.13. The van der Waals surface area contributed by atoms with E-state index in [9.17, 15) is 0 Å². The SMILES string of the molecule is Cl.Nc1sc2ccccc2c1N. The van der Waals surface area contributed by atoms with Gasteiger partial charge in [0.2, 0.25) is 0 Å². The summed E-state index contributed by atoms with van der Waals surface area (Å²) in [7, 11) is 0. The zero-order chi connectivity index (χ0) is 7.84. The molecule has 1 heterocycles. The van der Waals surface area contributed by atoms with Crippen molar-refractivity contribution in [3.63, 3.8) is 0 Å². The Morgan fingerprint density at radius 2 is 1.75 bits per heavy atom. The van der Waals surface area contributed by atoms with Crippen LogP contribution in [0.1, 0.15) is 0 Å². The summed E-state index contributed by atoms with van der Waals surface area (Å²) in [5, 5.41) is 1.78. The molecule has 12 heavy (non-hydrogen) atoms. The number of anilines is 2. The second-order valence-electron chi connectivity index (χ2n) is 2.38. The maximum absolute atomic E-state index is 5.72. The molecule has 4 heteroatoms. The largest absolute Gasteiger partial charge is 0.396 e. The highest BCUT2D eigenvalue weighted by Gasteiger charge is 2.03. The molecule has 0 aliphatic rings. The highest BCUT2D eigenvalue weighted by Crippen LogP contribution is 2.34. The molecule has 0 bridgehead atoms. The molecule has 0 amide bonds.